The predicted octanol–water partition coefficient (Wildman–Crippen LogP) is 2.02. The third kappa shape index (κ3) is 4.44. The molecule has 0 saturated heterocycles. The van der Waals surface area contributed by atoms with E-state index in [2.05, 4.69) is 10.6 Å². The van der Waals surface area contributed by atoms with E-state index in [1.165, 1.54) is 0 Å². The lowest BCUT2D eigenvalue weighted by Crippen LogP contribution is -2.39. The molecule has 0 atom stereocenters. The molecule has 0 saturated carbocycles. The van der Waals surface area contributed by atoms with E-state index in [1.54, 1.807) is 13.2 Å². The zero-order valence-electron chi connectivity index (χ0n) is 10.8. The lowest BCUT2D eigenvalue weighted by atomic mass is 10.0. The fourth-order valence-electron chi connectivity index (χ4n) is 1.40. The monoisotopic (exact) mass is 236 g/mol. The number of hydrogen-bond acceptors (Lipinski definition) is 3. The molecule has 0 bridgehead atoms. The van der Waals surface area contributed by atoms with E-state index < -0.39 is 0 Å². The highest BCUT2D eigenvalue weighted by atomic mass is 16.5. The largest absolute Gasteiger partial charge is 0.497 e. The molecule has 4 heteroatoms. The Kier molecular flexibility index (Phi) is 4.52. The van der Waals surface area contributed by atoms with E-state index >= 15 is 0 Å². The summed E-state index contributed by atoms with van der Waals surface area (Å²) in [5.41, 5.74) is 0.546. The predicted molar refractivity (Wildman–Crippen MR) is 69.4 cm³/mol. The number of methoxy groups -OCH3 is 1. The van der Waals surface area contributed by atoms with Crippen LogP contribution >= 0.6 is 0 Å². The Bertz CT molecular complexity index is 389. The number of carbonyl (C=O) groups excluding carboxylic acids is 1. The van der Waals surface area contributed by atoms with Crippen LogP contribution in [-0.4, -0.2) is 25.6 Å². The topological polar surface area (TPSA) is 50.4 Å². The third-order valence-electron chi connectivity index (χ3n) is 2.63. The number of benzene rings is 1. The van der Waals surface area contributed by atoms with Gasteiger partial charge in [-0.2, -0.15) is 0 Å². The van der Waals surface area contributed by atoms with E-state index in [0.29, 0.717) is 6.42 Å². The molecule has 0 radical (unpaired) electrons. The van der Waals surface area contributed by atoms with Crippen LogP contribution in [0.5, 0.6) is 5.75 Å². The van der Waals surface area contributed by atoms with Gasteiger partial charge in [0.2, 0.25) is 5.91 Å². The Hall–Kier alpha value is -1.55. The lowest BCUT2D eigenvalue weighted by molar-refractivity contribution is -0.117. The molecule has 1 aromatic carbocycles. The lowest BCUT2D eigenvalue weighted by Gasteiger charge is -2.23. The Morgan fingerprint density at radius 2 is 2.12 bits per heavy atom. The molecular weight excluding hydrogens is 216 g/mol. The minimum absolute atomic E-state index is 0.0161. The van der Waals surface area contributed by atoms with Crippen LogP contribution in [0.2, 0.25) is 0 Å². The molecule has 0 aromatic heterocycles. The van der Waals surface area contributed by atoms with Gasteiger partial charge in [-0.3, -0.25) is 4.79 Å². The van der Waals surface area contributed by atoms with E-state index in [0.717, 1.165) is 11.4 Å². The maximum atomic E-state index is 11.8. The van der Waals surface area contributed by atoms with Gasteiger partial charge in [0, 0.05) is 23.7 Å². The Balaban J connectivity index is 2.62. The van der Waals surface area contributed by atoms with E-state index in [1.807, 2.05) is 39.1 Å². The van der Waals surface area contributed by atoms with Crippen molar-refractivity contribution in [1.82, 2.24) is 5.32 Å². The van der Waals surface area contributed by atoms with Crippen molar-refractivity contribution in [2.24, 2.45) is 0 Å². The fraction of sp³-hybridized carbons (Fsp3) is 0.462. The molecular formula is C13H20N2O2. The number of hydrogen-bond donors (Lipinski definition) is 2. The van der Waals surface area contributed by atoms with Gasteiger partial charge in [-0.25, -0.2) is 0 Å². The van der Waals surface area contributed by atoms with Gasteiger partial charge < -0.3 is 15.4 Å². The van der Waals surface area contributed by atoms with Crippen molar-refractivity contribution in [3.8, 4) is 5.75 Å². The molecule has 0 spiro atoms. The molecule has 0 aliphatic heterocycles. The zero-order chi connectivity index (χ0) is 12.9. The molecule has 0 unspecified atom stereocenters. The first-order valence-corrected chi connectivity index (χ1v) is 5.59. The smallest absolute Gasteiger partial charge is 0.226 e. The van der Waals surface area contributed by atoms with Crippen molar-refractivity contribution >= 4 is 11.6 Å². The summed E-state index contributed by atoms with van der Waals surface area (Å²) in [6.45, 7) is 3.97. The van der Waals surface area contributed by atoms with Gasteiger partial charge in [0.25, 0.3) is 0 Å². The van der Waals surface area contributed by atoms with Gasteiger partial charge in [0.15, 0.2) is 0 Å². The second kappa shape index (κ2) is 5.68. The molecule has 0 heterocycles. The number of carbonyl (C=O) groups is 1. The average molecular weight is 236 g/mol. The molecule has 0 fully saturated rings. The summed E-state index contributed by atoms with van der Waals surface area (Å²) in [6, 6.07) is 7.32. The maximum absolute atomic E-state index is 11.8. The first kappa shape index (κ1) is 13.5. The molecule has 1 amide bonds. The highest BCUT2D eigenvalue weighted by Crippen LogP contribution is 2.17. The van der Waals surface area contributed by atoms with E-state index in [-0.39, 0.29) is 11.4 Å². The Morgan fingerprint density at radius 3 is 2.71 bits per heavy atom. The van der Waals surface area contributed by atoms with Gasteiger partial charge in [0.05, 0.1) is 7.11 Å². The van der Waals surface area contributed by atoms with Gasteiger partial charge in [-0.1, -0.05) is 6.07 Å². The number of amides is 1. The Labute approximate surface area is 102 Å². The molecule has 0 aliphatic carbocycles. The SMILES string of the molecule is CNC(C)(C)CC(=O)Nc1cccc(OC)c1. The van der Waals surface area contributed by atoms with Crippen LogP contribution in [0.4, 0.5) is 5.69 Å². The second-order valence-corrected chi connectivity index (χ2v) is 4.59. The van der Waals surface area contributed by atoms with Crippen LogP contribution in [-0.2, 0) is 4.79 Å². The first-order chi connectivity index (χ1) is 7.96. The first-order valence-electron chi connectivity index (χ1n) is 5.59. The van der Waals surface area contributed by atoms with E-state index in [4.69, 9.17) is 4.74 Å². The standard InChI is InChI=1S/C13H20N2O2/c1-13(2,14-3)9-12(16)15-10-6-5-7-11(8-10)17-4/h5-8,14H,9H2,1-4H3,(H,15,16). The average Bonchev–Trinajstić information content (AvgIpc) is 2.28. The molecule has 94 valence electrons. The van der Waals surface area contributed by atoms with Crippen LogP contribution in [0.1, 0.15) is 20.3 Å². The summed E-state index contributed by atoms with van der Waals surface area (Å²) in [4.78, 5) is 11.8. The van der Waals surface area contributed by atoms with Gasteiger partial charge in [-0.05, 0) is 33.0 Å². The molecule has 17 heavy (non-hydrogen) atoms. The van der Waals surface area contributed by atoms with E-state index in [9.17, 15) is 4.79 Å². The minimum atomic E-state index is -0.205. The van der Waals surface area contributed by atoms with Crippen LogP contribution in [0.3, 0.4) is 0 Å². The summed E-state index contributed by atoms with van der Waals surface area (Å²) in [7, 11) is 3.45. The van der Waals surface area contributed by atoms with Crippen molar-refractivity contribution in [2.75, 3.05) is 19.5 Å². The van der Waals surface area contributed by atoms with Crippen LogP contribution in [0.15, 0.2) is 24.3 Å². The quantitative estimate of drug-likeness (QED) is 0.822. The molecule has 4 nitrogen and oxygen atoms in total. The summed E-state index contributed by atoms with van der Waals surface area (Å²) in [6.07, 6.45) is 0.417. The highest BCUT2D eigenvalue weighted by molar-refractivity contribution is 5.91. The van der Waals surface area contributed by atoms with Crippen LogP contribution in [0, 0.1) is 0 Å². The highest BCUT2D eigenvalue weighted by Gasteiger charge is 2.19. The number of anilines is 1. The summed E-state index contributed by atoms with van der Waals surface area (Å²) < 4.78 is 5.09. The van der Waals surface area contributed by atoms with Gasteiger partial charge >= 0.3 is 0 Å². The summed E-state index contributed by atoms with van der Waals surface area (Å²) in [5, 5.41) is 5.94. The van der Waals surface area contributed by atoms with Crippen LogP contribution < -0.4 is 15.4 Å². The molecule has 1 rings (SSSR count). The van der Waals surface area contributed by atoms with Gasteiger partial charge in [-0.15, -0.1) is 0 Å². The fourth-order valence-corrected chi connectivity index (χ4v) is 1.40. The number of nitrogens with one attached hydrogen (secondary N) is 2. The second-order valence-electron chi connectivity index (χ2n) is 4.59. The molecule has 2 N–H and O–H groups in total. The molecule has 0 aliphatic rings. The van der Waals surface area contributed by atoms with Crippen LogP contribution in [0.25, 0.3) is 0 Å². The normalized spacial score (nSPS) is 11.1. The summed E-state index contributed by atoms with van der Waals surface area (Å²) in [5.74, 6) is 0.716. The number of ether oxygens (including phenoxy) is 1. The van der Waals surface area contributed by atoms with Crippen molar-refractivity contribution in [3.05, 3.63) is 24.3 Å². The Morgan fingerprint density at radius 1 is 1.41 bits per heavy atom. The maximum Gasteiger partial charge on any atom is 0.226 e. The summed E-state index contributed by atoms with van der Waals surface area (Å²) >= 11 is 0. The van der Waals surface area contributed by atoms with Gasteiger partial charge in [0.1, 0.15) is 5.75 Å². The van der Waals surface area contributed by atoms with Crippen molar-refractivity contribution < 1.29 is 9.53 Å². The molecule has 1 aromatic rings. The third-order valence-corrected chi connectivity index (χ3v) is 2.63. The van der Waals surface area contributed by atoms with Crippen molar-refractivity contribution in [2.45, 2.75) is 25.8 Å². The van der Waals surface area contributed by atoms with Crippen molar-refractivity contribution in [1.29, 1.82) is 0 Å². The zero-order valence-corrected chi connectivity index (χ0v) is 10.8. The minimum Gasteiger partial charge on any atom is -0.497 e. The van der Waals surface area contributed by atoms with Crippen molar-refractivity contribution in [3.63, 3.8) is 0 Å². The number of rotatable bonds is 5.